The summed E-state index contributed by atoms with van der Waals surface area (Å²) in [5, 5.41) is 4.06. The van der Waals surface area contributed by atoms with Gasteiger partial charge in [-0.25, -0.2) is 4.79 Å². The first-order chi connectivity index (χ1) is 12.9. The van der Waals surface area contributed by atoms with Crippen LogP contribution in [0.3, 0.4) is 0 Å². The van der Waals surface area contributed by atoms with Crippen LogP contribution in [-0.4, -0.2) is 25.6 Å². The molecule has 146 valence electrons. The zero-order valence-corrected chi connectivity index (χ0v) is 17.6. The van der Waals surface area contributed by atoms with Gasteiger partial charge in [0, 0.05) is 16.3 Å². The highest BCUT2D eigenvalue weighted by atomic mass is 35.5. The molecule has 0 fully saturated rings. The third-order valence-electron chi connectivity index (χ3n) is 4.15. The van der Waals surface area contributed by atoms with E-state index in [1.54, 1.807) is 6.07 Å². The number of halogens is 1. The Morgan fingerprint density at radius 3 is 2.63 bits per heavy atom. The highest BCUT2D eigenvalue weighted by Gasteiger charge is 2.22. The SMILES string of the molecule is CCc1c(C)sc(NC(=O)CCCOc2ccc(Cl)cc2C)c1C(=O)OC. The number of esters is 1. The predicted molar refractivity (Wildman–Crippen MR) is 109 cm³/mol. The predicted octanol–water partition coefficient (Wildman–Crippen LogP) is 5.17. The average molecular weight is 410 g/mol. The first kappa shape index (κ1) is 21.3. The van der Waals surface area contributed by atoms with Gasteiger partial charge in [0.2, 0.25) is 5.91 Å². The van der Waals surface area contributed by atoms with E-state index in [-0.39, 0.29) is 5.91 Å². The van der Waals surface area contributed by atoms with Crippen molar-refractivity contribution in [2.24, 2.45) is 0 Å². The molecule has 0 bridgehead atoms. The molecule has 1 N–H and O–H groups in total. The van der Waals surface area contributed by atoms with E-state index in [0.29, 0.717) is 41.5 Å². The highest BCUT2D eigenvalue weighted by Crippen LogP contribution is 2.34. The van der Waals surface area contributed by atoms with Crippen molar-refractivity contribution in [1.29, 1.82) is 0 Å². The van der Waals surface area contributed by atoms with Crippen molar-refractivity contribution in [1.82, 2.24) is 0 Å². The van der Waals surface area contributed by atoms with Crippen LogP contribution >= 0.6 is 22.9 Å². The number of hydrogen-bond acceptors (Lipinski definition) is 5. The van der Waals surface area contributed by atoms with Crippen LogP contribution in [0.25, 0.3) is 0 Å². The van der Waals surface area contributed by atoms with Crippen LogP contribution in [0.4, 0.5) is 5.00 Å². The number of aryl methyl sites for hydroxylation is 2. The van der Waals surface area contributed by atoms with Crippen molar-refractivity contribution in [2.45, 2.75) is 40.0 Å². The van der Waals surface area contributed by atoms with E-state index in [9.17, 15) is 9.59 Å². The van der Waals surface area contributed by atoms with Gasteiger partial charge < -0.3 is 14.8 Å². The summed E-state index contributed by atoms with van der Waals surface area (Å²) in [6, 6.07) is 5.43. The number of amides is 1. The number of nitrogens with one attached hydrogen (secondary N) is 1. The molecular weight excluding hydrogens is 386 g/mol. The van der Waals surface area contributed by atoms with Gasteiger partial charge in [0.05, 0.1) is 19.3 Å². The average Bonchev–Trinajstić information content (AvgIpc) is 2.94. The van der Waals surface area contributed by atoms with Gasteiger partial charge in [-0.15, -0.1) is 11.3 Å². The fourth-order valence-corrected chi connectivity index (χ4v) is 4.17. The van der Waals surface area contributed by atoms with Crippen molar-refractivity contribution in [3.63, 3.8) is 0 Å². The van der Waals surface area contributed by atoms with E-state index >= 15 is 0 Å². The number of rotatable bonds is 8. The topological polar surface area (TPSA) is 64.6 Å². The second-order valence-electron chi connectivity index (χ2n) is 6.10. The van der Waals surface area contributed by atoms with Crippen molar-refractivity contribution < 1.29 is 19.1 Å². The molecule has 0 spiro atoms. The number of hydrogen-bond donors (Lipinski definition) is 1. The van der Waals surface area contributed by atoms with Crippen LogP contribution in [0.15, 0.2) is 18.2 Å². The molecule has 1 amide bonds. The summed E-state index contributed by atoms with van der Waals surface area (Å²) in [6.07, 6.45) is 1.56. The van der Waals surface area contributed by atoms with E-state index in [1.807, 2.05) is 32.9 Å². The third-order valence-corrected chi connectivity index (χ3v) is 5.45. The van der Waals surface area contributed by atoms with Gasteiger partial charge in [-0.05, 0) is 56.0 Å². The van der Waals surface area contributed by atoms with E-state index in [0.717, 1.165) is 21.8 Å². The van der Waals surface area contributed by atoms with Gasteiger partial charge in [-0.1, -0.05) is 18.5 Å². The van der Waals surface area contributed by atoms with Gasteiger partial charge in [0.25, 0.3) is 0 Å². The molecule has 2 aromatic rings. The molecule has 1 aromatic heterocycles. The maximum Gasteiger partial charge on any atom is 0.341 e. The number of carbonyl (C=O) groups excluding carboxylic acids is 2. The Labute approximate surface area is 168 Å². The number of methoxy groups -OCH3 is 1. The monoisotopic (exact) mass is 409 g/mol. The minimum Gasteiger partial charge on any atom is -0.493 e. The van der Waals surface area contributed by atoms with Gasteiger partial charge in [0.15, 0.2) is 0 Å². The third kappa shape index (κ3) is 5.47. The summed E-state index contributed by atoms with van der Waals surface area (Å²) in [5.74, 6) is 0.183. The standard InChI is InChI=1S/C20H24ClNO4S/c1-5-15-13(3)27-19(18(15)20(24)25-4)22-17(23)7-6-10-26-16-9-8-14(21)11-12(16)2/h8-9,11H,5-7,10H2,1-4H3,(H,22,23). The molecule has 1 aromatic carbocycles. The smallest absolute Gasteiger partial charge is 0.341 e. The van der Waals surface area contributed by atoms with Crippen molar-refractivity contribution in [3.8, 4) is 5.75 Å². The molecular formula is C20H24ClNO4S. The first-order valence-corrected chi connectivity index (χ1v) is 9.96. The molecule has 0 atom stereocenters. The molecule has 0 saturated heterocycles. The van der Waals surface area contributed by atoms with Crippen LogP contribution in [-0.2, 0) is 16.0 Å². The summed E-state index contributed by atoms with van der Waals surface area (Å²) in [6.45, 7) is 6.26. The van der Waals surface area contributed by atoms with Crippen LogP contribution in [0.1, 0.15) is 46.1 Å². The Bertz CT molecular complexity index is 832. The fourth-order valence-electron chi connectivity index (χ4n) is 2.79. The van der Waals surface area contributed by atoms with Gasteiger partial charge >= 0.3 is 5.97 Å². The highest BCUT2D eigenvalue weighted by molar-refractivity contribution is 7.16. The summed E-state index contributed by atoms with van der Waals surface area (Å²) in [7, 11) is 1.34. The molecule has 0 aliphatic rings. The quantitative estimate of drug-likeness (QED) is 0.482. The molecule has 2 rings (SSSR count). The summed E-state index contributed by atoms with van der Waals surface area (Å²) < 4.78 is 10.6. The molecule has 7 heteroatoms. The van der Waals surface area contributed by atoms with Crippen molar-refractivity contribution in [2.75, 3.05) is 19.0 Å². The number of carbonyl (C=O) groups is 2. The Kier molecular flexibility index (Phi) is 7.68. The van der Waals surface area contributed by atoms with Crippen LogP contribution < -0.4 is 10.1 Å². The molecule has 27 heavy (non-hydrogen) atoms. The lowest BCUT2D eigenvalue weighted by atomic mass is 10.1. The molecule has 0 unspecified atom stereocenters. The van der Waals surface area contributed by atoms with E-state index in [2.05, 4.69) is 5.32 Å². The van der Waals surface area contributed by atoms with Gasteiger partial charge in [-0.2, -0.15) is 0 Å². The molecule has 0 radical (unpaired) electrons. The van der Waals surface area contributed by atoms with Crippen LogP contribution in [0.2, 0.25) is 5.02 Å². The molecule has 0 saturated carbocycles. The lowest BCUT2D eigenvalue weighted by Gasteiger charge is -2.10. The normalized spacial score (nSPS) is 10.6. The molecule has 1 heterocycles. The Balaban J connectivity index is 1.91. The van der Waals surface area contributed by atoms with Crippen LogP contribution in [0, 0.1) is 13.8 Å². The molecule has 5 nitrogen and oxygen atoms in total. The lowest BCUT2D eigenvalue weighted by Crippen LogP contribution is -2.15. The number of anilines is 1. The summed E-state index contributed by atoms with van der Waals surface area (Å²) >= 11 is 7.33. The number of benzene rings is 1. The maximum absolute atomic E-state index is 12.3. The minimum absolute atomic E-state index is 0.152. The van der Waals surface area contributed by atoms with E-state index < -0.39 is 5.97 Å². The largest absolute Gasteiger partial charge is 0.493 e. The van der Waals surface area contributed by atoms with Gasteiger partial charge in [0.1, 0.15) is 10.8 Å². The molecule has 0 aliphatic carbocycles. The Morgan fingerprint density at radius 2 is 2.00 bits per heavy atom. The fraction of sp³-hybridized carbons (Fsp3) is 0.400. The second-order valence-corrected chi connectivity index (χ2v) is 7.76. The molecule has 0 aliphatic heterocycles. The zero-order valence-electron chi connectivity index (χ0n) is 16.0. The minimum atomic E-state index is -0.423. The Morgan fingerprint density at radius 1 is 1.26 bits per heavy atom. The summed E-state index contributed by atoms with van der Waals surface area (Å²) in [5.41, 5.74) is 2.34. The number of thiophene rings is 1. The van der Waals surface area contributed by atoms with Crippen molar-refractivity contribution >= 4 is 39.8 Å². The maximum atomic E-state index is 12.3. The van der Waals surface area contributed by atoms with Gasteiger partial charge in [-0.3, -0.25) is 4.79 Å². The Hall–Kier alpha value is -2.05. The lowest BCUT2D eigenvalue weighted by molar-refractivity contribution is -0.116. The van der Waals surface area contributed by atoms with Crippen molar-refractivity contribution in [3.05, 3.63) is 44.8 Å². The summed E-state index contributed by atoms with van der Waals surface area (Å²) in [4.78, 5) is 25.4. The first-order valence-electron chi connectivity index (χ1n) is 8.76. The second kappa shape index (κ2) is 9.76. The number of ether oxygens (including phenoxy) is 2. The zero-order chi connectivity index (χ0) is 20.0. The van der Waals surface area contributed by atoms with E-state index in [1.165, 1.54) is 18.4 Å². The van der Waals surface area contributed by atoms with E-state index in [4.69, 9.17) is 21.1 Å². The van der Waals surface area contributed by atoms with Crippen LogP contribution in [0.5, 0.6) is 5.75 Å².